The van der Waals surface area contributed by atoms with E-state index in [1.54, 1.807) is 6.08 Å². The average Bonchev–Trinajstić information content (AvgIpc) is 3.69. The second-order valence-corrected chi connectivity index (χ2v) is 23.9. The molecule has 1 aliphatic rings. The zero-order chi connectivity index (χ0) is 60.3. The van der Waals surface area contributed by atoms with Gasteiger partial charge in [0.15, 0.2) is 12.4 Å². The molecule has 1 rings (SSSR count). The number of carbonyl (C=O) groups is 2. The Morgan fingerprint density at radius 3 is 1.29 bits per heavy atom. The molecule has 0 bridgehead atoms. The van der Waals surface area contributed by atoms with E-state index < -0.39 is 67.4 Å². The van der Waals surface area contributed by atoms with E-state index in [0.29, 0.717) is 19.3 Å². The van der Waals surface area contributed by atoms with E-state index in [2.05, 4.69) is 74.7 Å². The van der Waals surface area contributed by atoms with Crippen molar-refractivity contribution in [3.05, 3.63) is 72.9 Å². The molecule has 8 atom stereocenters. The van der Waals surface area contributed by atoms with Gasteiger partial charge in [-0.1, -0.05) is 312 Å². The summed E-state index contributed by atoms with van der Waals surface area (Å²) >= 11 is 0. The SMILES string of the molecule is CC/C=C\C/C=C\C/C=C\C/C=C\C/C=C\CCCC(=O)OC1C(OCC(NC(=O)C(O)CCCCCCCCCCCCCCCCCCCCCCCCCCCC)C(O)/C=C/CCCCCCCCCCC)OC(CO)C(O)C1O. The fraction of sp³-hybridized carbons (Fsp3) is 0.806. The summed E-state index contributed by atoms with van der Waals surface area (Å²) in [6, 6.07) is -1.04. The minimum absolute atomic E-state index is 0.0441. The maximum atomic E-state index is 13.5. The number of aliphatic hydroxyl groups excluding tert-OH is 5. The predicted molar refractivity (Wildman–Crippen MR) is 347 cm³/mol. The Labute approximate surface area is 509 Å². The lowest BCUT2D eigenvalue weighted by atomic mass is 9.99. The number of allylic oxidation sites excluding steroid dienone is 11. The number of esters is 1. The topological polar surface area (TPSA) is 175 Å². The number of amides is 1. The van der Waals surface area contributed by atoms with Crippen LogP contribution in [0.15, 0.2) is 72.9 Å². The van der Waals surface area contributed by atoms with Crippen molar-refractivity contribution in [2.75, 3.05) is 13.2 Å². The first-order chi connectivity index (χ1) is 40.7. The number of hydrogen-bond donors (Lipinski definition) is 6. The van der Waals surface area contributed by atoms with Gasteiger partial charge in [-0.15, -0.1) is 0 Å². The summed E-state index contributed by atoms with van der Waals surface area (Å²) in [4.78, 5) is 26.6. The Bertz CT molecular complexity index is 1630. The summed E-state index contributed by atoms with van der Waals surface area (Å²) in [5.74, 6) is -1.25. The quantitative estimate of drug-likeness (QED) is 0.0195. The minimum atomic E-state index is -1.64. The van der Waals surface area contributed by atoms with Gasteiger partial charge in [0.05, 0.1) is 25.4 Å². The van der Waals surface area contributed by atoms with Gasteiger partial charge in [0.1, 0.15) is 24.4 Å². The van der Waals surface area contributed by atoms with Gasteiger partial charge in [-0.25, -0.2) is 0 Å². The molecule has 0 spiro atoms. The van der Waals surface area contributed by atoms with E-state index in [4.69, 9.17) is 14.2 Å². The molecule has 11 heteroatoms. The molecule has 1 heterocycles. The molecule has 8 unspecified atom stereocenters. The van der Waals surface area contributed by atoms with Gasteiger partial charge < -0.3 is 45.1 Å². The summed E-state index contributed by atoms with van der Waals surface area (Å²) in [6.07, 6.45) is 66.9. The molecule has 482 valence electrons. The van der Waals surface area contributed by atoms with Gasteiger partial charge in [-0.3, -0.25) is 9.59 Å². The van der Waals surface area contributed by atoms with Crippen molar-refractivity contribution >= 4 is 11.9 Å². The average molecular weight is 1170 g/mol. The first kappa shape index (κ1) is 78.1. The van der Waals surface area contributed by atoms with Crippen LogP contribution in [0.1, 0.15) is 310 Å². The zero-order valence-electron chi connectivity index (χ0n) is 53.6. The van der Waals surface area contributed by atoms with Gasteiger partial charge in [0.2, 0.25) is 5.91 Å². The van der Waals surface area contributed by atoms with Crippen molar-refractivity contribution in [2.45, 2.75) is 359 Å². The number of nitrogens with one attached hydrogen (secondary N) is 1. The number of unbranched alkanes of at least 4 members (excludes halogenated alkanes) is 35. The van der Waals surface area contributed by atoms with Crippen LogP contribution in [0.4, 0.5) is 0 Å². The van der Waals surface area contributed by atoms with E-state index in [1.165, 1.54) is 186 Å². The van der Waals surface area contributed by atoms with Crippen molar-refractivity contribution in [1.82, 2.24) is 5.32 Å². The summed E-state index contributed by atoms with van der Waals surface area (Å²) in [5.41, 5.74) is 0. The molecule has 83 heavy (non-hydrogen) atoms. The van der Waals surface area contributed by atoms with Gasteiger partial charge >= 0.3 is 5.97 Å². The summed E-state index contributed by atoms with van der Waals surface area (Å²) in [5, 5.41) is 57.1. The third kappa shape index (κ3) is 46.9. The van der Waals surface area contributed by atoms with Gasteiger partial charge in [-0.2, -0.15) is 0 Å². The molecule has 1 fully saturated rings. The van der Waals surface area contributed by atoms with Crippen LogP contribution in [0.2, 0.25) is 0 Å². The van der Waals surface area contributed by atoms with Crippen molar-refractivity contribution in [3.63, 3.8) is 0 Å². The third-order valence-corrected chi connectivity index (χ3v) is 16.1. The second kappa shape index (κ2) is 59.4. The highest BCUT2D eigenvalue weighted by atomic mass is 16.7. The lowest BCUT2D eigenvalue weighted by Crippen LogP contribution is -2.61. The van der Waals surface area contributed by atoms with Crippen molar-refractivity contribution in [2.24, 2.45) is 0 Å². The number of rotatable bonds is 59. The first-order valence-electron chi connectivity index (χ1n) is 34.7. The van der Waals surface area contributed by atoms with E-state index in [0.717, 1.165) is 70.6 Å². The van der Waals surface area contributed by atoms with Crippen LogP contribution >= 0.6 is 0 Å². The molecule has 1 aliphatic heterocycles. The van der Waals surface area contributed by atoms with Crippen LogP contribution < -0.4 is 5.32 Å². The highest BCUT2D eigenvalue weighted by molar-refractivity contribution is 5.80. The molecule has 0 aromatic rings. The zero-order valence-corrected chi connectivity index (χ0v) is 53.6. The van der Waals surface area contributed by atoms with Crippen LogP contribution in [-0.4, -0.2) is 99.6 Å². The summed E-state index contributed by atoms with van der Waals surface area (Å²) < 4.78 is 17.6. The van der Waals surface area contributed by atoms with Crippen LogP contribution in [0.3, 0.4) is 0 Å². The molecular weight excluding hydrogens is 1040 g/mol. The lowest BCUT2D eigenvalue weighted by Gasteiger charge is -2.41. The van der Waals surface area contributed by atoms with Gasteiger partial charge in [-0.05, 0) is 64.2 Å². The van der Waals surface area contributed by atoms with Crippen LogP contribution in [0, 0.1) is 0 Å². The Balaban J connectivity index is 2.56. The molecule has 0 radical (unpaired) electrons. The largest absolute Gasteiger partial charge is 0.454 e. The second-order valence-electron chi connectivity index (χ2n) is 23.9. The number of hydrogen-bond acceptors (Lipinski definition) is 10. The normalized spacial score (nSPS) is 19.0. The smallest absolute Gasteiger partial charge is 0.306 e. The maximum absolute atomic E-state index is 13.5. The van der Waals surface area contributed by atoms with E-state index in [9.17, 15) is 35.1 Å². The number of ether oxygens (including phenoxy) is 3. The minimum Gasteiger partial charge on any atom is -0.454 e. The number of aliphatic hydroxyl groups is 5. The van der Waals surface area contributed by atoms with Crippen molar-refractivity contribution < 1.29 is 49.3 Å². The van der Waals surface area contributed by atoms with Gasteiger partial charge in [0.25, 0.3) is 0 Å². The van der Waals surface area contributed by atoms with Gasteiger partial charge in [0, 0.05) is 6.42 Å². The highest BCUT2D eigenvalue weighted by Gasteiger charge is 2.47. The molecule has 1 saturated heterocycles. The van der Waals surface area contributed by atoms with Crippen LogP contribution in [0.5, 0.6) is 0 Å². The first-order valence-corrected chi connectivity index (χ1v) is 34.7. The van der Waals surface area contributed by atoms with Crippen LogP contribution in [-0.2, 0) is 23.8 Å². The molecule has 0 aromatic heterocycles. The molecule has 0 aliphatic carbocycles. The van der Waals surface area contributed by atoms with Crippen LogP contribution in [0.25, 0.3) is 0 Å². The number of carbonyl (C=O) groups excluding carboxylic acids is 2. The van der Waals surface area contributed by atoms with E-state index in [1.807, 2.05) is 18.2 Å². The monoisotopic (exact) mass is 1170 g/mol. The van der Waals surface area contributed by atoms with Crippen molar-refractivity contribution in [3.8, 4) is 0 Å². The summed E-state index contributed by atoms with van der Waals surface area (Å²) in [6.45, 7) is 5.67. The summed E-state index contributed by atoms with van der Waals surface area (Å²) in [7, 11) is 0. The Morgan fingerprint density at radius 2 is 0.867 bits per heavy atom. The standard InChI is InChI=1S/C72H129NO10/c1-4-7-10-13-16-19-22-24-26-28-29-30-31-32-33-34-35-36-38-39-41-44-47-50-53-56-59-65(76)71(80)73-63(64(75)58-55-52-49-46-43-21-18-15-12-9-6-3)62-81-72-70(69(79)68(78)66(61-74)82-72)83-67(77)60-57-54-51-48-45-42-40-37-27-25-23-20-17-14-11-8-5-2/h8,11,17,20,25,27,40,42,48,51,55,58,63-66,68-70,72,74-76,78-79H,4-7,9-10,12-16,18-19,21-24,26,28-39,41,43-47,49-50,52-54,56-57,59-62H2,1-3H3,(H,73,80)/b11-8-,20-17-,27-25-,42-40-,51-48-,58-55+. The van der Waals surface area contributed by atoms with Crippen molar-refractivity contribution in [1.29, 1.82) is 0 Å². The molecular formula is C72H129NO10. The Morgan fingerprint density at radius 1 is 0.482 bits per heavy atom. The predicted octanol–water partition coefficient (Wildman–Crippen LogP) is 17.5. The maximum Gasteiger partial charge on any atom is 0.306 e. The molecule has 6 N–H and O–H groups in total. The molecule has 0 aromatic carbocycles. The lowest BCUT2D eigenvalue weighted by molar-refractivity contribution is -0.305. The Hall–Kier alpha value is -2.90. The van der Waals surface area contributed by atoms with E-state index in [-0.39, 0.29) is 19.4 Å². The highest BCUT2D eigenvalue weighted by Crippen LogP contribution is 2.26. The van der Waals surface area contributed by atoms with E-state index >= 15 is 0 Å². The molecule has 0 saturated carbocycles. The fourth-order valence-electron chi connectivity index (χ4n) is 10.7. The molecule has 11 nitrogen and oxygen atoms in total. The molecule has 1 amide bonds. The third-order valence-electron chi connectivity index (χ3n) is 16.1. The fourth-order valence-corrected chi connectivity index (χ4v) is 10.7. The Kier molecular flexibility index (Phi) is 55.9.